The van der Waals surface area contributed by atoms with Crippen molar-refractivity contribution in [1.82, 2.24) is 19.5 Å². The van der Waals surface area contributed by atoms with Crippen LogP contribution in [0.15, 0.2) is 223 Å². The van der Waals surface area contributed by atoms with Crippen molar-refractivity contribution in [3.05, 3.63) is 230 Å². The number of hydrogen-bond donors (Lipinski definition) is 0. The smallest absolute Gasteiger partial charge is 0.164 e. The molecule has 0 unspecified atom stereocenters. The van der Waals surface area contributed by atoms with Gasteiger partial charge in [0, 0.05) is 43.9 Å². The minimum Gasteiger partial charge on any atom is -0.456 e. The van der Waals surface area contributed by atoms with Crippen LogP contribution in [0.25, 0.3) is 106 Å². The van der Waals surface area contributed by atoms with Gasteiger partial charge in [0.25, 0.3) is 0 Å². The molecule has 0 amide bonds. The Kier molecular flexibility index (Phi) is 8.82. The summed E-state index contributed by atoms with van der Waals surface area (Å²) in [5.41, 5.74) is 14.8. The maximum absolute atomic E-state index is 6.74. The summed E-state index contributed by atoms with van der Waals surface area (Å²) in [5, 5.41) is 4.61. The van der Waals surface area contributed by atoms with Gasteiger partial charge in [-0.2, -0.15) is 0 Å². The van der Waals surface area contributed by atoms with Gasteiger partial charge in [-0.05, 0) is 82.3 Å². The van der Waals surface area contributed by atoms with Gasteiger partial charge in [0.15, 0.2) is 17.5 Å². The van der Waals surface area contributed by atoms with Crippen molar-refractivity contribution in [2.45, 2.75) is 6.42 Å². The maximum Gasteiger partial charge on any atom is 0.164 e. The average Bonchev–Trinajstić information content (AvgIpc) is 3.91. The first-order chi connectivity index (χ1) is 31.2. The zero-order chi connectivity index (χ0) is 41.7. The molecule has 0 fully saturated rings. The Hall–Kier alpha value is -8.41. The van der Waals surface area contributed by atoms with Gasteiger partial charge in [0.2, 0.25) is 0 Å². The van der Waals surface area contributed by atoms with E-state index in [9.17, 15) is 0 Å². The number of aromatic nitrogens is 4. The predicted molar refractivity (Wildman–Crippen MR) is 258 cm³/mol. The van der Waals surface area contributed by atoms with Crippen molar-refractivity contribution < 1.29 is 4.42 Å². The molecule has 296 valence electrons. The molecule has 0 N–H and O–H groups in total. The summed E-state index contributed by atoms with van der Waals surface area (Å²) in [5.74, 6) is 1.87. The van der Waals surface area contributed by atoms with Crippen molar-refractivity contribution in [2.75, 3.05) is 0 Å². The summed E-state index contributed by atoms with van der Waals surface area (Å²) in [6.07, 6.45) is 0.614. The first kappa shape index (κ1) is 36.4. The molecule has 5 heteroatoms. The van der Waals surface area contributed by atoms with E-state index in [1.165, 1.54) is 10.8 Å². The molecule has 3 heterocycles. The lowest BCUT2D eigenvalue weighted by Gasteiger charge is -2.16. The van der Waals surface area contributed by atoms with Gasteiger partial charge in [-0.3, -0.25) is 0 Å². The zero-order valence-corrected chi connectivity index (χ0v) is 34.2. The van der Waals surface area contributed by atoms with Crippen LogP contribution in [-0.2, 0) is 6.42 Å². The molecular weight excluding hydrogens is 769 g/mol. The Balaban J connectivity index is 1.10. The molecule has 5 nitrogen and oxygen atoms in total. The number of hydrogen-bond acceptors (Lipinski definition) is 4. The molecule has 0 saturated heterocycles. The van der Waals surface area contributed by atoms with Crippen LogP contribution in [-0.4, -0.2) is 19.5 Å². The van der Waals surface area contributed by atoms with Crippen LogP contribution < -0.4 is 0 Å². The third-order valence-electron chi connectivity index (χ3n) is 12.2. The fourth-order valence-corrected chi connectivity index (χ4v) is 9.29. The Bertz CT molecular complexity index is 3580. The highest BCUT2D eigenvalue weighted by atomic mass is 16.3. The van der Waals surface area contributed by atoms with Crippen LogP contribution in [0, 0.1) is 0 Å². The lowest BCUT2D eigenvalue weighted by atomic mass is 9.90. The van der Waals surface area contributed by atoms with Crippen LogP contribution in [0.5, 0.6) is 0 Å². The lowest BCUT2D eigenvalue weighted by Crippen LogP contribution is -2.03. The normalized spacial score (nSPS) is 11.6. The fraction of sp³-hybridized carbons (Fsp3) is 0.0172. The Morgan fingerprint density at radius 2 is 0.921 bits per heavy atom. The minimum absolute atomic E-state index is 0.614. The van der Waals surface area contributed by atoms with E-state index in [1.807, 2.05) is 36.4 Å². The van der Waals surface area contributed by atoms with E-state index in [0.717, 1.165) is 88.7 Å². The second kappa shape index (κ2) is 15.2. The SMILES string of the molecule is c1ccc(-c2nc(-c3ccccc3)nc(-c3cc(-c4ccccc4-c4ccccc4)ccc3Cc3cccc4oc5ccc6c(c7ccccc7n6-c6ccccc6)c5c34)n2)cc1. The summed E-state index contributed by atoms with van der Waals surface area (Å²) in [6, 6.07) is 76.4. The minimum atomic E-state index is 0.614. The number of rotatable bonds is 8. The van der Waals surface area contributed by atoms with E-state index in [2.05, 4.69) is 187 Å². The number of nitrogens with zero attached hydrogens (tertiary/aromatic N) is 4. The molecule has 3 aromatic heterocycles. The molecule has 0 aliphatic rings. The fourth-order valence-electron chi connectivity index (χ4n) is 9.29. The number of para-hydroxylation sites is 2. The highest BCUT2D eigenvalue weighted by molar-refractivity contribution is 6.28. The maximum atomic E-state index is 6.74. The summed E-state index contributed by atoms with van der Waals surface area (Å²) in [4.78, 5) is 15.6. The van der Waals surface area contributed by atoms with E-state index < -0.39 is 0 Å². The molecule has 63 heavy (non-hydrogen) atoms. The third-order valence-corrected chi connectivity index (χ3v) is 12.2. The van der Waals surface area contributed by atoms with Gasteiger partial charge in [-0.1, -0.05) is 176 Å². The standard InChI is InChI=1S/C58H38N4O/c1-5-18-38(19-6-1)45-27-13-14-28-46(45)42-33-32-41(48(37-42)58-60-56(39-20-7-2-8-21-39)59-57(61-58)40-22-9-3-10-23-40)36-43-24-17-31-51-53(43)55-52(63-51)35-34-50-54(55)47-29-15-16-30-49(47)62(50)44-25-11-4-12-26-44/h1-35,37H,36H2. The molecule has 0 bridgehead atoms. The molecule has 9 aromatic carbocycles. The summed E-state index contributed by atoms with van der Waals surface area (Å²) >= 11 is 0. The summed E-state index contributed by atoms with van der Waals surface area (Å²) < 4.78 is 9.10. The van der Waals surface area contributed by atoms with E-state index in [-0.39, 0.29) is 0 Å². The third kappa shape index (κ3) is 6.37. The van der Waals surface area contributed by atoms with E-state index in [0.29, 0.717) is 23.9 Å². The average molecular weight is 807 g/mol. The van der Waals surface area contributed by atoms with Crippen LogP contribution in [0.4, 0.5) is 0 Å². The van der Waals surface area contributed by atoms with Crippen molar-refractivity contribution in [2.24, 2.45) is 0 Å². The van der Waals surface area contributed by atoms with Gasteiger partial charge in [0.05, 0.1) is 11.0 Å². The monoisotopic (exact) mass is 806 g/mol. The highest BCUT2D eigenvalue weighted by Crippen LogP contribution is 2.43. The quantitative estimate of drug-likeness (QED) is 0.153. The molecule has 0 aliphatic carbocycles. The zero-order valence-electron chi connectivity index (χ0n) is 34.2. The number of benzene rings is 9. The summed E-state index contributed by atoms with van der Waals surface area (Å²) in [6.45, 7) is 0. The Labute approximate surface area is 364 Å². The number of fused-ring (bicyclic) bond motifs is 7. The predicted octanol–water partition coefficient (Wildman–Crippen LogP) is 14.8. The van der Waals surface area contributed by atoms with Crippen LogP contribution in [0.1, 0.15) is 11.1 Å². The van der Waals surface area contributed by atoms with Gasteiger partial charge in [-0.25, -0.2) is 15.0 Å². The van der Waals surface area contributed by atoms with E-state index >= 15 is 0 Å². The topological polar surface area (TPSA) is 56.7 Å². The van der Waals surface area contributed by atoms with E-state index in [1.54, 1.807) is 0 Å². The van der Waals surface area contributed by atoms with Crippen molar-refractivity contribution >= 4 is 43.7 Å². The van der Waals surface area contributed by atoms with Gasteiger partial charge in [-0.15, -0.1) is 0 Å². The van der Waals surface area contributed by atoms with E-state index in [4.69, 9.17) is 19.4 Å². The van der Waals surface area contributed by atoms with Crippen molar-refractivity contribution in [3.63, 3.8) is 0 Å². The van der Waals surface area contributed by atoms with Crippen molar-refractivity contribution in [3.8, 4) is 62.1 Å². The first-order valence-electron chi connectivity index (χ1n) is 21.3. The highest BCUT2D eigenvalue weighted by Gasteiger charge is 2.22. The Morgan fingerprint density at radius 3 is 1.62 bits per heavy atom. The van der Waals surface area contributed by atoms with Gasteiger partial charge >= 0.3 is 0 Å². The molecule has 12 rings (SSSR count). The van der Waals surface area contributed by atoms with Crippen LogP contribution in [0.2, 0.25) is 0 Å². The molecule has 0 atom stereocenters. The molecule has 0 saturated carbocycles. The lowest BCUT2D eigenvalue weighted by molar-refractivity contribution is 0.669. The van der Waals surface area contributed by atoms with Crippen molar-refractivity contribution in [1.29, 1.82) is 0 Å². The molecule has 0 radical (unpaired) electrons. The second-order valence-electron chi connectivity index (χ2n) is 15.9. The number of furan rings is 1. The van der Waals surface area contributed by atoms with Gasteiger partial charge < -0.3 is 8.98 Å². The van der Waals surface area contributed by atoms with Crippen LogP contribution in [0.3, 0.4) is 0 Å². The van der Waals surface area contributed by atoms with Gasteiger partial charge in [0.1, 0.15) is 11.2 Å². The Morgan fingerprint density at radius 1 is 0.349 bits per heavy atom. The molecule has 12 aromatic rings. The molecule has 0 spiro atoms. The summed E-state index contributed by atoms with van der Waals surface area (Å²) in [7, 11) is 0. The second-order valence-corrected chi connectivity index (χ2v) is 15.9. The first-order valence-corrected chi connectivity index (χ1v) is 21.3. The van der Waals surface area contributed by atoms with Crippen LogP contribution >= 0.6 is 0 Å². The molecular formula is C58H38N4O. The largest absolute Gasteiger partial charge is 0.456 e. The molecule has 0 aliphatic heterocycles.